The van der Waals surface area contributed by atoms with Gasteiger partial charge in [0.15, 0.2) is 6.79 Å². The smallest absolute Gasteiger partial charge is 0.314 e. The number of carbonyl (C=O) groups excluding carboxylic acids is 1. The fourth-order valence-electron chi connectivity index (χ4n) is 2.71. The Labute approximate surface area is 146 Å². The first-order valence-corrected chi connectivity index (χ1v) is 12.7. The van der Waals surface area contributed by atoms with Gasteiger partial charge in [0, 0.05) is 20.7 Å². The van der Waals surface area contributed by atoms with E-state index in [4.69, 9.17) is 14.2 Å². The van der Waals surface area contributed by atoms with Crippen LogP contribution in [0.2, 0.25) is 25.7 Å². The zero-order valence-corrected chi connectivity index (χ0v) is 16.2. The standard InChI is InChI=1S/C19H30O4Si/c1-24(2,3)13-12-21-15-22-17-10-7-11-18(14-17)23-19(20)16-8-5-4-6-9-16/h7,10-11,14,16H,4-6,8-9,12-13,15H2,1-3H3. The molecule has 134 valence electrons. The van der Waals surface area contributed by atoms with Gasteiger partial charge in [-0.25, -0.2) is 0 Å². The highest BCUT2D eigenvalue weighted by Crippen LogP contribution is 2.26. The van der Waals surface area contributed by atoms with Crippen molar-refractivity contribution in [3.8, 4) is 11.5 Å². The molecule has 0 radical (unpaired) electrons. The first kappa shape index (κ1) is 19.0. The third-order valence-corrected chi connectivity index (χ3v) is 5.97. The maximum absolute atomic E-state index is 12.2. The normalized spacial score (nSPS) is 16.0. The minimum Gasteiger partial charge on any atom is -0.467 e. The Morgan fingerprint density at radius 3 is 2.54 bits per heavy atom. The summed E-state index contributed by atoms with van der Waals surface area (Å²) in [5.41, 5.74) is 0. The lowest BCUT2D eigenvalue weighted by molar-refractivity contribution is -0.139. The third kappa shape index (κ3) is 7.05. The zero-order valence-electron chi connectivity index (χ0n) is 15.2. The van der Waals surface area contributed by atoms with E-state index in [9.17, 15) is 4.79 Å². The van der Waals surface area contributed by atoms with Crippen LogP contribution in [-0.4, -0.2) is 27.4 Å². The second-order valence-corrected chi connectivity index (χ2v) is 13.3. The minimum atomic E-state index is -1.07. The molecule has 2 rings (SSSR count). The monoisotopic (exact) mass is 350 g/mol. The summed E-state index contributed by atoms with van der Waals surface area (Å²) in [6, 6.07) is 8.35. The molecule has 0 amide bonds. The van der Waals surface area contributed by atoms with E-state index in [1.807, 2.05) is 12.1 Å². The van der Waals surface area contributed by atoms with Crippen LogP contribution in [0.15, 0.2) is 24.3 Å². The lowest BCUT2D eigenvalue weighted by Gasteiger charge is -2.19. The molecule has 0 saturated heterocycles. The predicted molar refractivity (Wildman–Crippen MR) is 98.3 cm³/mol. The molecule has 24 heavy (non-hydrogen) atoms. The summed E-state index contributed by atoms with van der Waals surface area (Å²) >= 11 is 0. The molecule has 0 aromatic heterocycles. The van der Waals surface area contributed by atoms with Crippen molar-refractivity contribution in [3.05, 3.63) is 24.3 Å². The van der Waals surface area contributed by atoms with Crippen LogP contribution >= 0.6 is 0 Å². The van der Waals surface area contributed by atoms with E-state index >= 15 is 0 Å². The second kappa shape index (κ2) is 9.23. The van der Waals surface area contributed by atoms with Crippen molar-refractivity contribution in [2.24, 2.45) is 5.92 Å². The highest BCUT2D eigenvalue weighted by molar-refractivity contribution is 6.76. The molecule has 0 atom stereocenters. The van der Waals surface area contributed by atoms with Gasteiger partial charge in [-0.2, -0.15) is 0 Å². The van der Waals surface area contributed by atoms with Gasteiger partial charge in [0.1, 0.15) is 11.5 Å². The van der Waals surface area contributed by atoms with Gasteiger partial charge in [0.25, 0.3) is 0 Å². The van der Waals surface area contributed by atoms with Gasteiger partial charge in [0.2, 0.25) is 0 Å². The molecule has 1 fully saturated rings. The lowest BCUT2D eigenvalue weighted by atomic mass is 9.89. The summed E-state index contributed by atoms with van der Waals surface area (Å²) in [5, 5.41) is 0. The van der Waals surface area contributed by atoms with Crippen LogP contribution in [0.25, 0.3) is 0 Å². The highest BCUT2D eigenvalue weighted by Gasteiger charge is 2.23. The average molecular weight is 351 g/mol. The molecule has 0 bridgehead atoms. The molecule has 0 N–H and O–H groups in total. The van der Waals surface area contributed by atoms with Gasteiger partial charge >= 0.3 is 5.97 Å². The van der Waals surface area contributed by atoms with E-state index < -0.39 is 8.07 Å². The van der Waals surface area contributed by atoms with E-state index in [1.54, 1.807) is 12.1 Å². The number of rotatable bonds is 8. The van der Waals surface area contributed by atoms with Crippen molar-refractivity contribution >= 4 is 14.0 Å². The molecule has 1 aromatic rings. The van der Waals surface area contributed by atoms with Gasteiger partial charge in [-0.3, -0.25) is 4.79 Å². The molecule has 1 saturated carbocycles. The van der Waals surface area contributed by atoms with Crippen LogP contribution in [0.5, 0.6) is 11.5 Å². The number of ether oxygens (including phenoxy) is 3. The van der Waals surface area contributed by atoms with E-state index in [0.29, 0.717) is 11.5 Å². The Morgan fingerprint density at radius 1 is 1.12 bits per heavy atom. The summed E-state index contributed by atoms with van der Waals surface area (Å²) < 4.78 is 16.6. The third-order valence-electron chi connectivity index (χ3n) is 4.27. The average Bonchev–Trinajstić information content (AvgIpc) is 2.54. The summed E-state index contributed by atoms with van der Waals surface area (Å²) in [6.07, 6.45) is 5.36. The van der Waals surface area contributed by atoms with Gasteiger partial charge in [-0.15, -0.1) is 0 Å². The van der Waals surface area contributed by atoms with Crippen LogP contribution in [0.1, 0.15) is 32.1 Å². The van der Waals surface area contributed by atoms with Crippen molar-refractivity contribution < 1.29 is 19.0 Å². The topological polar surface area (TPSA) is 44.8 Å². The van der Waals surface area contributed by atoms with E-state index in [-0.39, 0.29) is 18.7 Å². The molecule has 1 aliphatic carbocycles. The first-order valence-electron chi connectivity index (χ1n) is 8.96. The lowest BCUT2D eigenvalue weighted by Crippen LogP contribution is -2.22. The van der Waals surface area contributed by atoms with Gasteiger partial charge in [0.05, 0.1) is 5.92 Å². The predicted octanol–water partition coefficient (Wildman–Crippen LogP) is 4.86. The van der Waals surface area contributed by atoms with Crippen LogP contribution in [0.4, 0.5) is 0 Å². The fourth-order valence-corrected chi connectivity index (χ4v) is 3.47. The Balaban J connectivity index is 1.75. The summed E-state index contributed by atoms with van der Waals surface area (Å²) in [4.78, 5) is 12.2. The molecule has 0 unspecified atom stereocenters. The SMILES string of the molecule is C[Si](C)(C)CCOCOc1cccc(OC(=O)C2CCCCC2)c1. The number of benzene rings is 1. The molecule has 0 aliphatic heterocycles. The van der Waals surface area contributed by atoms with E-state index in [1.165, 1.54) is 6.42 Å². The largest absolute Gasteiger partial charge is 0.467 e. The van der Waals surface area contributed by atoms with Gasteiger partial charge in [-0.05, 0) is 31.0 Å². The Hall–Kier alpha value is -1.33. The summed E-state index contributed by atoms with van der Waals surface area (Å²) in [6.45, 7) is 7.92. The summed E-state index contributed by atoms with van der Waals surface area (Å²) in [7, 11) is -1.07. The number of hydrogen-bond donors (Lipinski definition) is 0. The molecule has 0 heterocycles. The number of hydrogen-bond acceptors (Lipinski definition) is 4. The summed E-state index contributed by atoms with van der Waals surface area (Å²) in [5.74, 6) is 1.15. The molecular formula is C19H30O4Si. The van der Waals surface area contributed by atoms with Crippen molar-refractivity contribution in [2.45, 2.75) is 57.8 Å². The fraction of sp³-hybridized carbons (Fsp3) is 0.632. The van der Waals surface area contributed by atoms with Crippen molar-refractivity contribution in [3.63, 3.8) is 0 Å². The van der Waals surface area contributed by atoms with E-state index in [0.717, 1.165) is 38.3 Å². The Kier molecular flexibility index (Phi) is 7.31. The Morgan fingerprint density at radius 2 is 1.83 bits per heavy atom. The van der Waals surface area contributed by atoms with Crippen LogP contribution in [0, 0.1) is 5.92 Å². The number of esters is 1. The maximum Gasteiger partial charge on any atom is 0.314 e. The van der Waals surface area contributed by atoms with E-state index in [2.05, 4.69) is 19.6 Å². The molecule has 1 aromatic carbocycles. The van der Waals surface area contributed by atoms with Crippen molar-refractivity contribution in [1.82, 2.24) is 0 Å². The second-order valence-electron chi connectivity index (χ2n) is 7.71. The highest BCUT2D eigenvalue weighted by atomic mass is 28.3. The van der Waals surface area contributed by atoms with Crippen LogP contribution in [-0.2, 0) is 9.53 Å². The molecular weight excluding hydrogens is 320 g/mol. The van der Waals surface area contributed by atoms with Gasteiger partial charge in [-0.1, -0.05) is 45.0 Å². The number of carbonyl (C=O) groups is 1. The molecule has 4 nitrogen and oxygen atoms in total. The molecule has 5 heteroatoms. The van der Waals surface area contributed by atoms with Crippen molar-refractivity contribution in [1.29, 1.82) is 0 Å². The zero-order chi connectivity index (χ0) is 17.4. The van der Waals surface area contributed by atoms with Crippen LogP contribution < -0.4 is 9.47 Å². The Bertz CT molecular complexity index is 518. The minimum absolute atomic E-state index is 0.0493. The van der Waals surface area contributed by atoms with Crippen molar-refractivity contribution in [2.75, 3.05) is 13.4 Å². The van der Waals surface area contributed by atoms with Gasteiger partial charge < -0.3 is 14.2 Å². The first-order chi connectivity index (χ1) is 11.4. The molecule has 0 spiro atoms. The van der Waals surface area contributed by atoms with Crippen LogP contribution in [0.3, 0.4) is 0 Å². The maximum atomic E-state index is 12.2. The quantitative estimate of drug-likeness (QED) is 0.221. The molecule has 1 aliphatic rings.